The lowest BCUT2D eigenvalue weighted by molar-refractivity contribution is -0.138. The molecule has 230 valence electrons. The summed E-state index contributed by atoms with van der Waals surface area (Å²) in [7, 11) is 0. The minimum absolute atomic E-state index is 0.00481. The lowest BCUT2D eigenvalue weighted by atomic mass is 9.94. The molecule has 0 spiro atoms. The molecule has 0 aliphatic carbocycles. The highest BCUT2D eigenvalue weighted by Crippen LogP contribution is 2.32. The smallest absolute Gasteiger partial charge is 0.303 e. The zero-order valence-electron chi connectivity index (χ0n) is 25.8. The highest BCUT2D eigenvalue weighted by molar-refractivity contribution is 6.01. The van der Waals surface area contributed by atoms with Gasteiger partial charge in [0.05, 0.1) is 12.0 Å². The van der Waals surface area contributed by atoms with Crippen LogP contribution in [0.2, 0.25) is 0 Å². The molecule has 2 aliphatic rings. The van der Waals surface area contributed by atoms with E-state index >= 15 is 0 Å². The Balaban J connectivity index is 1.75. The number of rotatable bonds is 12. The van der Waals surface area contributed by atoms with E-state index in [1.165, 1.54) is 0 Å². The summed E-state index contributed by atoms with van der Waals surface area (Å²) in [4.78, 5) is 54.9. The number of aliphatic carboxylic acids is 2. The van der Waals surface area contributed by atoms with Crippen LogP contribution in [-0.2, 0) is 44.9 Å². The largest absolute Gasteiger partial charge is 0.481 e. The van der Waals surface area contributed by atoms with Crippen LogP contribution in [0.25, 0.3) is 6.08 Å². The first-order chi connectivity index (χ1) is 20.4. The molecule has 1 saturated heterocycles. The van der Waals surface area contributed by atoms with Gasteiger partial charge in [-0.25, -0.2) is 0 Å². The number of allylic oxidation sites excluding steroid dienone is 2. The standard InChI is InChI=1S/C33H42N4O6/c1-7-20-19(6)32(42)37-27(20)14-25-18(5)23(10-12-31(40)41)29(35-25)15-28-22(9-11-30(38)39)17(4)24(34-28)13-26-16(3)21(8-2)33(43)36-26/h7,13,19,27,34-35H,8-12,14-15H2,1-6H3,(H,36,43)(H,37,42)(H,38,39)(H,40,41)/b20-7+,26-13-/t19-,27-/m1/s1. The second-order valence-electron chi connectivity index (χ2n) is 11.5. The van der Waals surface area contributed by atoms with Gasteiger partial charge in [0.2, 0.25) is 5.91 Å². The summed E-state index contributed by atoms with van der Waals surface area (Å²) in [6, 6.07) is -0.145. The Morgan fingerprint density at radius 2 is 1.51 bits per heavy atom. The fourth-order valence-corrected chi connectivity index (χ4v) is 6.44. The number of carbonyl (C=O) groups excluding carboxylic acids is 2. The van der Waals surface area contributed by atoms with Crippen LogP contribution in [0.15, 0.2) is 28.5 Å². The molecule has 2 amide bonds. The summed E-state index contributed by atoms with van der Waals surface area (Å²) in [5.41, 5.74) is 10.5. The third kappa shape index (κ3) is 6.53. The van der Waals surface area contributed by atoms with Gasteiger partial charge in [-0.2, -0.15) is 0 Å². The van der Waals surface area contributed by atoms with Gasteiger partial charge in [-0.05, 0) is 93.4 Å². The maximum Gasteiger partial charge on any atom is 0.303 e. The summed E-state index contributed by atoms with van der Waals surface area (Å²) >= 11 is 0. The normalized spacial score (nSPS) is 20.4. The van der Waals surface area contributed by atoms with E-state index in [1.807, 2.05) is 53.7 Å². The van der Waals surface area contributed by atoms with Crippen molar-refractivity contribution in [3.8, 4) is 0 Å². The number of aromatic amines is 2. The molecule has 0 bridgehead atoms. The third-order valence-corrected chi connectivity index (χ3v) is 8.98. The van der Waals surface area contributed by atoms with Gasteiger partial charge in [-0.15, -0.1) is 0 Å². The Hall–Kier alpha value is -4.34. The second kappa shape index (κ2) is 12.9. The fourth-order valence-electron chi connectivity index (χ4n) is 6.44. The molecule has 43 heavy (non-hydrogen) atoms. The minimum Gasteiger partial charge on any atom is -0.481 e. The van der Waals surface area contributed by atoms with Crippen molar-refractivity contribution in [2.45, 2.75) is 92.5 Å². The average molecular weight is 591 g/mol. The van der Waals surface area contributed by atoms with Crippen molar-refractivity contribution in [3.05, 3.63) is 73.5 Å². The maximum atomic E-state index is 12.4. The van der Waals surface area contributed by atoms with E-state index in [4.69, 9.17) is 0 Å². The van der Waals surface area contributed by atoms with Crippen molar-refractivity contribution in [1.29, 1.82) is 0 Å². The van der Waals surface area contributed by atoms with Crippen LogP contribution < -0.4 is 10.6 Å². The fraction of sp³-hybridized carbons (Fsp3) is 0.455. The number of amides is 2. The zero-order valence-corrected chi connectivity index (χ0v) is 25.8. The van der Waals surface area contributed by atoms with Gasteiger partial charge < -0.3 is 30.8 Å². The molecule has 2 aromatic heterocycles. The Morgan fingerprint density at radius 1 is 0.907 bits per heavy atom. The highest BCUT2D eigenvalue weighted by Gasteiger charge is 2.34. The average Bonchev–Trinajstić information content (AvgIpc) is 3.59. The molecule has 2 atom stereocenters. The number of nitrogens with one attached hydrogen (secondary N) is 4. The number of hydrogen-bond acceptors (Lipinski definition) is 4. The molecule has 1 fully saturated rings. The predicted octanol–water partition coefficient (Wildman–Crippen LogP) is 4.41. The number of carbonyl (C=O) groups is 4. The molecule has 6 N–H and O–H groups in total. The zero-order chi connectivity index (χ0) is 31.6. The molecule has 2 aliphatic heterocycles. The van der Waals surface area contributed by atoms with Crippen LogP contribution in [0, 0.1) is 19.8 Å². The molecule has 4 heterocycles. The summed E-state index contributed by atoms with van der Waals surface area (Å²) in [5.74, 6) is -2.09. The van der Waals surface area contributed by atoms with Gasteiger partial charge in [-0.3, -0.25) is 19.2 Å². The number of carboxylic acid groups (broad SMARTS) is 2. The number of H-pyrrole nitrogens is 2. The first-order valence-corrected chi connectivity index (χ1v) is 14.9. The second-order valence-corrected chi connectivity index (χ2v) is 11.5. The minimum atomic E-state index is -0.895. The first kappa shape index (κ1) is 31.6. The van der Waals surface area contributed by atoms with E-state index in [2.05, 4.69) is 20.6 Å². The third-order valence-electron chi connectivity index (χ3n) is 8.98. The first-order valence-electron chi connectivity index (χ1n) is 14.9. The Bertz CT molecular complexity index is 1570. The molecule has 0 saturated carbocycles. The topological polar surface area (TPSA) is 164 Å². The van der Waals surface area contributed by atoms with Crippen LogP contribution in [0.4, 0.5) is 0 Å². The van der Waals surface area contributed by atoms with E-state index in [0.717, 1.165) is 67.4 Å². The van der Waals surface area contributed by atoms with Gasteiger partial charge >= 0.3 is 11.9 Å². The van der Waals surface area contributed by atoms with E-state index in [9.17, 15) is 29.4 Å². The van der Waals surface area contributed by atoms with Crippen molar-refractivity contribution in [3.63, 3.8) is 0 Å². The van der Waals surface area contributed by atoms with E-state index < -0.39 is 11.9 Å². The van der Waals surface area contributed by atoms with Crippen molar-refractivity contribution >= 4 is 29.8 Å². The lowest BCUT2D eigenvalue weighted by Crippen LogP contribution is -2.28. The highest BCUT2D eigenvalue weighted by atomic mass is 16.4. The molecule has 10 nitrogen and oxygen atoms in total. The van der Waals surface area contributed by atoms with Crippen LogP contribution >= 0.6 is 0 Å². The van der Waals surface area contributed by atoms with Gasteiger partial charge in [-0.1, -0.05) is 13.0 Å². The van der Waals surface area contributed by atoms with E-state index in [-0.39, 0.29) is 36.6 Å². The van der Waals surface area contributed by atoms with Crippen LogP contribution in [0.1, 0.15) is 92.0 Å². The molecule has 2 aromatic rings. The number of carboxylic acids is 2. The predicted molar refractivity (Wildman–Crippen MR) is 163 cm³/mol. The monoisotopic (exact) mass is 590 g/mol. The number of hydrogen-bond donors (Lipinski definition) is 6. The van der Waals surface area contributed by atoms with Gasteiger partial charge in [0.15, 0.2) is 0 Å². The molecular weight excluding hydrogens is 548 g/mol. The SMILES string of the molecule is C/C=C1/[C@@H](Cc2[nH]c(Cc3[nH]c(/C=C4\NC(=O)C(CC)=C4C)c(C)c3CCC(=O)O)c(CCC(=O)O)c2C)NC(=O)[C@@H]1C. The van der Waals surface area contributed by atoms with Crippen molar-refractivity contribution < 1.29 is 29.4 Å². The quantitative estimate of drug-likeness (QED) is 0.201. The molecular formula is C33H42N4O6. The molecule has 4 rings (SSSR count). The molecule has 0 aromatic carbocycles. The van der Waals surface area contributed by atoms with Crippen molar-refractivity contribution in [1.82, 2.24) is 20.6 Å². The molecule has 10 heteroatoms. The summed E-state index contributed by atoms with van der Waals surface area (Å²) < 4.78 is 0. The summed E-state index contributed by atoms with van der Waals surface area (Å²) in [6.45, 7) is 11.6. The maximum absolute atomic E-state index is 12.4. The van der Waals surface area contributed by atoms with Crippen LogP contribution in [-0.4, -0.2) is 50.0 Å². The van der Waals surface area contributed by atoms with Crippen LogP contribution in [0.3, 0.4) is 0 Å². The molecule has 0 radical (unpaired) electrons. The van der Waals surface area contributed by atoms with Crippen molar-refractivity contribution in [2.75, 3.05) is 0 Å². The van der Waals surface area contributed by atoms with Crippen molar-refractivity contribution in [2.24, 2.45) is 5.92 Å². The summed E-state index contributed by atoms with van der Waals surface area (Å²) in [6.07, 6.45) is 6.08. The Morgan fingerprint density at radius 3 is 2.07 bits per heavy atom. The number of aromatic nitrogens is 2. The Kier molecular flexibility index (Phi) is 9.47. The van der Waals surface area contributed by atoms with E-state index in [1.54, 1.807) is 0 Å². The van der Waals surface area contributed by atoms with Gasteiger partial charge in [0, 0.05) is 59.7 Å². The van der Waals surface area contributed by atoms with Gasteiger partial charge in [0.25, 0.3) is 5.91 Å². The Labute approximate surface area is 251 Å². The van der Waals surface area contributed by atoms with Gasteiger partial charge in [0.1, 0.15) is 0 Å². The molecule has 0 unspecified atom stereocenters. The van der Waals surface area contributed by atoms with Crippen LogP contribution in [0.5, 0.6) is 0 Å². The lowest BCUT2D eigenvalue weighted by Gasteiger charge is -2.13. The summed E-state index contributed by atoms with van der Waals surface area (Å²) in [5, 5.41) is 24.9. The van der Waals surface area contributed by atoms with E-state index in [0.29, 0.717) is 32.1 Å².